The van der Waals surface area contributed by atoms with E-state index in [2.05, 4.69) is 4.98 Å². The Morgan fingerprint density at radius 2 is 1.90 bits per heavy atom. The summed E-state index contributed by atoms with van der Waals surface area (Å²) >= 11 is 0. The van der Waals surface area contributed by atoms with Crippen molar-refractivity contribution >= 4 is 5.82 Å². The highest BCUT2D eigenvalue weighted by atomic mass is 19.4. The van der Waals surface area contributed by atoms with Crippen LogP contribution in [0.4, 0.5) is 19.0 Å². The van der Waals surface area contributed by atoms with Crippen molar-refractivity contribution in [3.8, 4) is 6.07 Å². The Labute approximate surface area is 114 Å². The van der Waals surface area contributed by atoms with Crippen molar-refractivity contribution in [2.24, 2.45) is 0 Å². The molecule has 0 saturated carbocycles. The molecule has 0 unspecified atom stereocenters. The minimum Gasteiger partial charge on any atom is -0.372 e. The van der Waals surface area contributed by atoms with Crippen molar-refractivity contribution in [3.63, 3.8) is 0 Å². The molecule has 1 aromatic rings. The van der Waals surface area contributed by atoms with E-state index in [1.54, 1.807) is 4.90 Å². The maximum absolute atomic E-state index is 12.7. The van der Waals surface area contributed by atoms with Crippen LogP contribution in [0.1, 0.15) is 25.1 Å². The second kappa shape index (κ2) is 5.29. The van der Waals surface area contributed by atoms with Crippen molar-refractivity contribution in [3.05, 3.63) is 23.4 Å². The standard InChI is InChI=1S/C13H14F3N3O/c1-8-6-19(7-9(2)20-8)12-10(5-17)3-4-11(18-12)13(14,15)16/h3-4,8-9H,6-7H2,1-2H3/t8-,9+. The van der Waals surface area contributed by atoms with Gasteiger partial charge in [0, 0.05) is 13.1 Å². The van der Waals surface area contributed by atoms with Gasteiger partial charge in [0.25, 0.3) is 0 Å². The maximum Gasteiger partial charge on any atom is 0.433 e. The molecule has 20 heavy (non-hydrogen) atoms. The largest absolute Gasteiger partial charge is 0.433 e. The number of pyridine rings is 1. The van der Waals surface area contributed by atoms with Crippen LogP contribution in [0.3, 0.4) is 0 Å². The lowest BCUT2D eigenvalue weighted by molar-refractivity contribution is -0.141. The van der Waals surface area contributed by atoms with Gasteiger partial charge in [0.1, 0.15) is 17.6 Å². The van der Waals surface area contributed by atoms with Gasteiger partial charge in [-0.15, -0.1) is 0 Å². The zero-order chi connectivity index (χ0) is 14.9. The fourth-order valence-electron chi connectivity index (χ4n) is 2.29. The summed E-state index contributed by atoms with van der Waals surface area (Å²) in [5.74, 6) is 0.0734. The first-order valence-electron chi connectivity index (χ1n) is 6.20. The van der Waals surface area contributed by atoms with Crippen molar-refractivity contribution in [1.82, 2.24) is 4.98 Å². The molecule has 2 heterocycles. The Morgan fingerprint density at radius 1 is 1.30 bits per heavy atom. The van der Waals surface area contributed by atoms with E-state index >= 15 is 0 Å². The number of hydrogen-bond donors (Lipinski definition) is 0. The lowest BCUT2D eigenvalue weighted by Crippen LogP contribution is -2.46. The second-order valence-corrected chi connectivity index (χ2v) is 4.84. The molecule has 108 valence electrons. The quantitative estimate of drug-likeness (QED) is 0.795. The molecule has 0 N–H and O–H groups in total. The molecule has 1 aromatic heterocycles. The highest BCUT2D eigenvalue weighted by Gasteiger charge is 2.34. The number of nitrogens with zero attached hydrogens (tertiary/aromatic N) is 3. The topological polar surface area (TPSA) is 49.2 Å². The number of hydrogen-bond acceptors (Lipinski definition) is 4. The third-order valence-corrected chi connectivity index (χ3v) is 3.01. The first-order chi connectivity index (χ1) is 9.31. The van der Waals surface area contributed by atoms with E-state index in [-0.39, 0.29) is 23.6 Å². The van der Waals surface area contributed by atoms with Crippen molar-refractivity contribution < 1.29 is 17.9 Å². The molecule has 1 fully saturated rings. The Kier molecular flexibility index (Phi) is 3.86. The van der Waals surface area contributed by atoms with Gasteiger partial charge in [-0.2, -0.15) is 18.4 Å². The van der Waals surface area contributed by atoms with Crippen LogP contribution in [0.2, 0.25) is 0 Å². The first kappa shape index (κ1) is 14.6. The molecular formula is C13H14F3N3O. The zero-order valence-electron chi connectivity index (χ0n) is 11.1. The van der Waals surface area contributed by atoms with Gasteiger partial charge in [-0.05, 0) is 26.0 Å². The third-order valence-electron chi connectivity index (χ3n) is 3.01. The monoisotopic (exact) mass is 285 g/mol. The highest BCUT2D eigenvalue weighted by Crippen LogP contribution is 2.31. The number of ether oxygens (including phenoxy) is 1. The molecule has 1 aliphatic rings. The average Bonchev–Trinajstić information content (AvgIpc) is 2.35. The van der Waals surface area contributed by atoms with E-state index in [4.69, 9.17) is 10.00 Å². The van der Waals surface area contributed by atoms with E-state index in [0.717, 1.165) is 12.1 Å². The van der Waals surface area contributed by atoms with Crippen molar-refractivity contribution in [2.75, 3.05) is 18.0 Å². The fourth-order valence-corrected chi connectivity index (χ4v) is 2.29. The Hall–Kier alpha value is -1.81. The van der Waals surface area contributed by atoms with E-state index < -0.39 is 11.9 Å². The van der Waals surface area contributed by atoms with Gasteiger partial charge in [0.2, 0.25) is 0 Å². The molecule has 2 atom stereocenters. The molecule has 0 spiro atoms. The minimum absolute atomic E-state index is 0.0734. The van der Waals surface area contributed by atoms with Gasteiger partial charge in [-0.25, -0.2) is 4.98 Å². The van der Waals surface area contributed by atoms with Crippen LogP contribution in [0, 0.1) is 11.3 Å². The Balaban J connectivity index is 2.41. The molecule has 0 aliphatic carbocycles. The van der Waals surface area contributed by atoms with E-state index in [0.29, 0.717) is 13.1 Å². The van der Waals surface area contributed by atoms with Crippen LogP contribution in [-0.4, -0.2) is 30.3 Å². The van der Waals surface area contributed by atoms with E-state index in [9.17, 15) is 13.2 Å². The third kappa shape index (κ3) is 3.02. The summed E-state index contributed by atoms with van der Waals surface area (Å²) in [7, 11) is 0. The van der Waals surface area contributed by atoms with Crippen molar-refractivity contribution in [2.45, 2.75) is 32.2 Å². The molecule has 1 aliphatic heterocycles. The van der Waals surface area contributed by atoms with Crippen LogP contribution < -0.4 is 4.90 Å². The highest BCUT2D eigenvalue weighted by molar-refractivity contribution is 5.55. The van der Waals surface area contributed by atoms with Gasteiger partial charge in [0.05, 0.1) is 17.8 Å². The summed E-state index contributed by atoms with van der Waals surface area (Å²) in [5.41, 5.74) is -0.849. The van der Waals surface area contributed by atoms with Gasteiger partial charge in [-0.1, -0.05) is 0 Å². The first-order valence-corrected chi connectivity index (χ1v) is 6.20. The second-order valence-electron chi connectivity index (χ2n) is 4.84. The van der Waals surface area contributed by atoms with Crippen LogP contribution in [0.25, 0.3) is 0 Å². The molecule has 0 aromatic carbocycles. The fraction of sp³-hybridized carbons (Fsp3) is 0.538. The number of alkyl halides is 3. The minimum atomic E-state index is -4.52. The number of aromatic nitrogens is 1. The van der Waals surface area contributed by atoms with E-state index in [1.807, 2.05) is 19.9 Å². The molecule has 0 amide bonds. The number of anilines is 1. The summed E-state index contributed by atoms with van der Waals surface area (Å²) < 4.78 is 43.7. The summed E-state index contributed by atoms with van der Waals surface area (Å²) in [6.07, 6.45) is -4.77. The van der Waals surface area contributed by atoms with Gasteiger partial charge < -0.3 is 9.64 Å². The molecular weight excluding hydrogens is 271 g/mol. The Bertz CT molecular complexity index is 529. The number of halogens is 3. The lowest BCUT2D eigenvalue weighted by atomic mass is 10.2. The maximum atomic E-state index is 12.7. The summed E-state index contributed by atoms with van der Waals surface area (Å²) in [4.78, 5) is 5.30. The normalized spacial score (nSPS) is 23.5. The summed E-state index contributed by atoms with van der Waals surface area (Å²) in [6.45, 7) is 4.49. The molecule has 7 heteroatoms. The Morgan fingerprint density at radius 3 is 2.40 bits per heavy atom. The number of morpholine rings is 1. The molecule has 0 bridgehead atoms. The number of rotatable bonds is 1. The molecule has 0 radical (unpaired) electrons. The van der Waals surface area contributed by atoms with Crippen LogP contribution in [0.5, 0.6) is 0 Å². The molecule has 2 rings (SSSR count). The van der Waals surface area contributed by atoms with E-state index in [1.165, 1.54) is 0 Å². The smallest absolute Gasteiger partial charge is 0.372 e. The molecule has 1 saturated heterocycles. The predicted molar refractivity (Wildman–Crippen MR) is 66.2 cm³/mol. The van der Waals surface area contributed by atoms with Gasteiger partial charge >= 0.3 is 6.18 Å². The SMILES string of the molecule is C[C@@H]1CN(c2nc(C(F)(F)F)ccc2C#N)C[C@H](C)O1. The van der Waals surface area contributed by atoms with Crippen LogP contribution in [0.15, 0.2) is 12.1 Å². The predicted octanol–water partition coefficient (Wildman–Crippen LogP) is 2.59. The zero-order valence-corrected chi connectivity index (χ0v) is 11.1. The van der Waals surface area contributed by atoms with Gasteiger partial charge in [-0.3, -0.25) is 0 Å². The van der Waals surface area contributed by atoms with Crippen LogP contribution >= 0.6 is 0 Å². The molecule has 4 nitrogen and oxygen atoms in total. The van der Waals surface area contributed by atoms with Crippen LogP contribution in [-0.2, 0) is 10.9 Å². The lowest BCUT2D eigenvalue weighted by Gasteiger charge is -2.36. The summed E-state index contributed by atoms with van der Waals surface area (Å²) in [5, 5.41) is 9.05. The summed E-state index contributed by atoms with van der Waals surface area (Å²) in [6, 6.07) is 3.88. The van der Waals surface area contributed by atoms with Crippen molar-refractivity contribution in [1.29, 1.82) is 5.26 Å². The van der Waals surface area contributed by atoms with Gasteiger partial charge in [0.15, 0.2) is 0 Å². The average molecular weight is 285 g/mol. The number of nitriles is 1.